The number of carboxylic acids is 1. The lowest BCUT2D eigenvalue weighted by atomic mass is 10.1. The van der Waals surface area contributed by atoms with Crippen LogP contribution in [0, 0.1) is 0 Å². The van der Waals surface area contributed by atoms with Crippen LogP contribution in [0.3, 0.4) is 0 Å². The zero-order valence-electron chi connectivity index (χ0n) is 12.2. The Morgan fingerprint density at radius 2 is 1.76 bits per heavy atom. The Kier molecular flexibility index (Phi) is 6.42. The first-order valence-corrected chi connectivity index (χ1v) is 7.17. The second-order valence-corrected chi connectivity index (χ2v) is 5.50. The molecule has 114 valence electrons. The lowest BCUT2D eigenvalue weighted by Gasteiger charge is -2.18. The number of ether oxygens (including phenoxy) is 1. The van der Waals surface area contributed by atoms with Gasteiger partial charge in [-0.25, -0.2) is 4.79 Å². The molecule has 0 unspecified atom stereocenters. The van der Waals surface area contributed by atoms with Crippen molar-refractivity contribution in [1.29, 1.82) is 0 Å². The van der Waals surface area contributed by atoms with E-state index in [9.17, 15) is 9.59 Å². The van der Waals surface area contributed by atoms with E-state index in [0.29, 0.717) is 18.9 Å². The van der Waals surface area contributed by atoms with Crippen LogP contribution in [0.15, 0.2) is 39.9 Å². The first-order valence-electron chi connectivity index (χ1n) is 6.37. The van der Waals surface area contributed by atoms with Crippen LogP contribution in [0.4, 0.5) is 0 Å². The molecule has 1 aromatic rings. The number of rotatable bonds is 6. The zero-order chi connectivity index (χ0) is 16.0. The van der Waals surface area contributed by atoms with Crippen molar-refractivity contribution in [3.05, 3.63) is 39.9 Å². The number of hydrogen-bond donors (Lipinski definition) is 1. The third-order valence-corrected chi connectivity index (χ3v) is 3.59. The number of benzene rings is 1. The average Bonchev–Trinajstić information content (AvgIpc) is 2.46. The van der Waals surface area contributed by atoms with Crippen molar-refractivity contribution < 1.29 is 19.4 Å². The first kappa shape index (κ1) is 17.2. The Bertz CT molecular complexity index is 551. The Hall–Kier alpha value is -1.82. The van der Waals surface area contributed by atoms with E-state index in [1.54, 1.807) is 7.05 Å². The molecule has 0 heterocycles. The summed E-state index contributed by atoms with van der Waals surface area (Å²) in [5.74, 6) is -0.678. The molecular weight excluding hydrogens is 338 g/mol. The van der Waals surface area contributed by atoms with Gasteiger partial charge in [-0.3, -0.25) is 4.79 Å². The fourth-order valence-electron chi connectivity index (χ4n) is 1.54. The van der Waals surface area contributed by atoms with Gasteiger partial charge in [-0.05, 0) is 38.1 Å². The maximum Gasteiger partial charge on any atom is 0.331 e. The van der Waals surface area contributed by atoms with Gasteiger partial charge in [0.25, 0.3) is 0 Å². The molecule has 1 rings (SSSR count). The molecule has 0 aromatic heterocycles. The molecule has 0 bridgehead atoms. The number of halogens is 1. The molecule has 6 heteroatoms. The zero-order valence-corrected chi connectivity index (χ0v) is 13.8. The van der Waals surface area contributed by atoms with E-state index in [0.717, 1.165) is 4.47 Å². The monoisotopic (exact) mass is 355 g/mol. The normalized spacial score (nSPS) is 11.6. The maximum atomic E-state index is 12.0. The third kappa shape index (κ3) is 5.23. The summed E-state index contributed by atoms with van der Waals surface area (Å²) < 4.78 is 6.49. The summed E-state index contributed by atoms with van der Waals surface area (Å²) in [6.07, 6.45) is 0. The number of carbonyl (C=O) groups is 2. The van der Waals surface area contributed by atoms with E-state index >= 15 is 0 Å². The quantitative estimate of drug-likeness (QED) is 0.796. The minimum atomic E-state index is -1.08. The number of carbonyl (C=O) groups excluding carboxylic acids is 1. The van der Waals surface area contributed by atoms with Crippen molar-refractivity contribution in [3.8, 4) is 5.75 Å². The highest BCUT2D eigenvalue weighted by Crippen LogP contribution is 2.16. The highest BCUT2D eigenvalue weighted by molar-refractivity contribution is 9.10. The van der Waals surface area contributed by atoms with Crippen LogP contribution in [0.5, 0.6) is 5.75 Å². The van der Waals surface area contributed by atoms with Crippen LogP contribution >= 0.6 is 15.9 Å². The van der Waals surface area contributed by atoms with Gasteiger partial charge in [0.05, 0.1) is 6.54 Å². The van der Waals surface area contributed by atoms with E-state index < -0.39 is 5.97 Å². The van der Waals surface area contributed by atoms with Crippen molar-refractivity contribution in [2.24, 2.45) is 0 Å². The number of hydrogen-bond acceptors (Lipinski definition) is 3. The molecule has 0 radical (unpaired) electrons. The molecule has 0 aliphatic rings. The predicted octanol–water partition coefficient (Wildman–Crippen LogP) is 2.71. The molecule has 0 aliphatic carbocycles. The molecule has 0 fully saturated rings. The van der Waals surface area contributed by atoms with Gasteiger partial charge in [-0.2, -0.15) is 0 Å². The van der Waals surface area contributed by atoms with E-state index in [1.165, 1.54) is 18.7 Å². The summed E-state index contributed by atoms with van der Waals surface area (Å²) in [6.45, 7) is 3.64. The van der Waals surface area contributed by atoms with Gasteiger partial charge >= 0.3 is 5.97 Å². The van der Waals surface area contributed by atoms with Gasteiger partial charge in [-0.15, -0.1) is 0 Å². The summed E-state index contributed by atoms with van der Waals surface area (Å²) in [5, 5.41) is 8.87. The molecule has 0 saturated carbocycles. The highest BCUT2D eigenvalue weighted by Gasteiger charge is 2.16. The highest BCUT2D eigenvalue weighted by atomic mass is 79.9. The summed E-state index contributed by atoms with van der Waals surface area (Å²) >= 11 is 3.34. The topological polar surface area (TPSA) is 66.8 Å². The Balaban J connectivity index is 2.52. The van der Waals surface area contributed by atoms with Crippen LogP contribution in [0.25, 0.3) is 0 Å². The second kappa shape index (κ2) is 7.83. The van der Waals surface area contributed by atoms with Gasteiger partial charge < -0.3 is 14.7 Å². The molecule has 1 amide bonds. The van der Waals surface area contributed by atoms with Gasteiger partial charge in [0, 0.05) is 22.7 Å². The molecule has 0 aliphatic heterocycles. The fraction of sp³-hybridized carbons (Fsp3) is 0.333. The number of carboxylic acid groups (broad SMARTS) is 1. The van der Waals surface area contributed by atoms with E-state index in [-0.39, 0.29) is 17.1 Å². The Labute approximate surface area is 132 Å². The first-order chi connectivity index (χ1) is 9.82. The van der Waals surface area contributed by atoms with Crippen LogP contribution in [-0.4, -0.2) is 42.1 Å². The van der Waals surface area contributed by atoms with E-state index in [1.807, 2.05) is 24.3 Å². The van der Waals surface area contributed by atoms with Gasteiger partial charge in [0.1, 0.15) is 12.4 Å². The number of nitrogens with zero attached hydrogens (tertiary/aromatic N) is 1. The lowest BCUT2D eigenvalue weighted by Crippen LogP contribution is -2.32. The smallest absolute Gasteiger partial charge is 0.331 e. The lowest BCUT2D eigenvalue weighted by molar-refractivity contribution is -0.133. The third-order valence-electron chi connectivity index (χ3n) is 3.06. The van der Waals surface area contributed by atoms with E-state index in [4.69, 9.17) is 9.84 Å². The molecule has 1 N–H and O–H groups in total. The van der Waals surface area contributed by atoms with Crippen molar-refractivity contribution >= 4 is 27.8 Å². The molecule has 21 heavy (non-hydrogen) atoms. The van der Waals surface area contributed by atoms with Gasteiger partial charge in [0.15, 0.2) is 0 Å². The molecule has 0 saturated heterocycles. The Morgan fingerprint density at radius 1 is 1.19 bits per heavy atom. The van der Waals surface area contributed by atoms with Gasteiger partial charge in [0.2, 0.25) is 5.91 Å². The van der Waals surface area contributed by atoms with Crippen molar-refractivity contribution in [2.45, 2.75) is 13.8 Å². The summed E-state index contributed by atoms with van der Waals surface area (Å²) in [4.78, 5) is 24.3. The summed E-state index contributed by atoms with van der Waals surface area (Å²) in [7, 11) is 1.62. The maximum absolute atomic E-state index is 12.0. The second-order valence-electron chi connectivity index (χ2n) is 4.58. The SMILES string of the molecule is CC(C(=O)O)=C(C)C(=O)N(C)CCOc1ccc(Br)cc1. The van der Waals surface area contributed by atoms with Crippen molar-refractivity contribution in [1.82, 2.24) is 4.90 Å². The number of amides is 1. The molecular formula is C15H18BrNO4. The van der Waals surface area contributed by atoms with Crippen LogP contribution in [-0.2, 0) is 9.59 Å². The minimum Gasteiger partial charge on any atom is -0.492 e. The van der Waals surface area contributed by atoms with Crippen molar-refractivity contribution in [2.75, 3.05) is 20.2 Å². The standard InChI is InChI=1S/C15H18BrNO4/c1-10(11(2)15(19)20)14(18)17(3)8-9-21-13-6-4-12(16)5-7-13/h4-7H,8-9H2,1-3H3,(H,19,20). The van der Waals surface area contributed by atoms with Crippen LogP contribution < -0.4 is 4.74 Å². The predicted molar refractivity (Wildman–Crippen MR) is 83.3 cm³/mol. The number of likely N-dealkylation sites (N-methyl/N-ethyl adjacent to an activating group) is 1. The van der Waals surface area contributed by atoms with E-state index in [2.05, 4.69) is 15.9 Å². The number of aliphatic carboxylic acids is 1. The molecule has 0 spiro atoms. The molecule has 0 atom stereocenters. The summed E-state index contributed by atoms with van der Waals surface area (Å²) in [5.41, 5.74) is 0.286. The molecule has 1 aromatic carbocycles. The summed E-state index contributed by atoms with van der Waals surface area (Å²) in [6, 6.07) is 7.39. The minimum absolute atomic E-state index is 0.0562. The largest absolute Gasteiger partial charge is 0.492 e. The molecule has 5 nitrogen and oxygen atoms in total. The van der Waals surface area contributed by atoms with Crippen LogP contribution in [0.2, 0.25) is 0 Å². The van der Waals surface area contributed by atoms with Crippen LogP contribution in [0.1, 0.15) is 13.8 Å². The van der Waals surface area contributed by atoms with Gasteiger partial charge in [-0.1, -0.05) is 15.9 Å². The fourth-order valence-corrected chi connectivity index (χ4v) is 1.80. The Morgan fingerprint density at radius 3 is 2.29 bits per heavy atom. The van der Waals surface area contributed by atoms with Crippen molar-refractivity contribution in [3.63, 3.8) is 0 Å². The average molecular weight is 356 g/mol.